The van der Waals surface area contributed by atoms with Gasteiger partial charge >= 0.3 is 0 Å². The van der Waals surface area contributed by atoms with Gasteiger partial charge in [0.05, 0.1) is 10.2 Å². The van der Waals surface area contributed by atoms with Gasteiger partial charge in [-0.1, -0.05) is 29.8 Å². The van der Waals surface area contributed by atoms with E-state index in [-0.39, 0.29) is 5.78 Å². The van der Waals surface area contributed by atoms with E-state index < -0.39 is 33.1 Å². The van der Waals surface area contributed by atoms with Crippen LogP contribution in [-0.2, 0) is 14.4 Å². The molecule has 0 saturated heterocycles. The molecule has 0 radical (unpaired) electrons. The van der Waals surface area contributed by atoms with Gasteiger partial charge in [-0.3, -0.25) is 14.4 Å². The number of ketones is 3. The van der Waals surface area contributed by atoms with E-state index in [0.717, 1.165) is 0 Å². The lowest BCUT2D eigenvalue weighted by Crippen LogP contribution is -2.55. The third-order valence-electron chi connectivity index (χ3n) is 2.78. The highest BCUT2D eigenvalue weighted by molar-refractivity contribution is 9.10. The molecule has 1 fully saturated rings. The van der Waals surface area contributed by atoms with Gasteiger partial charge in [-0.25, -0.2) is 0 Å². The van der Waals surface area contributed by atoms with E-state index in [1.54, 1.807) is 13.8 Å². The largest absolute Gasteiger partial charge is 0.299 e. The summed E-state index contributed by atoms with van der Waals surface area (Å²) in [7, 11) is 0. The Labute approximate surface area is 102 Å². The fraction of sp³-hybridized carbons (Fsp3) is 0.700. The van der Waals surface area contributed by atoms with Crippen molar-refractivity contribution in [1.29, 1.82) is 0 Å². The van der Waals surface area contributed by atoms with Crippen molar-refractivity contribution < 1.29 is 14.4 Å². The summed E-state index contributed by atoms with van der Waals surface area (Å²) in [5, 5.41) is -0.812. The minimum atomic E-state index is -1.19. The summed E-state index contributed by atoms with van der Waals surface area (Å²) >= 11 is 9.19. The molecule has 0 aliphatic heterocycles. The Balaban J connectivity index is 3.17. The lowest BCUT2D eigenvalue weighted by atomic mass is 9.70. The fourth-order valence-electron chi connectivity index (χ4n) is 1.70. The first-order chi connectivity index (χ1) is 6.71. The molecule has 1 rings (SSSR count). The molecule has 15 heavy (non-hydrogen) atoms. The molecular weight excluding hydrogens is 283 g/mol. The predicted octanol–water partition coefficient (Wildman–Crippen LogP) is 1.74. The highest BCUT2D eigenvalue weighted by Gasteiger charge is 2.54. The average Bonchev–Trinajstić information content (AvgIpc) is 2.12. The Hall–Kier alpha value is -0.220. The van der Waals surface area contributed by atoms with Crippen LogP contribution in [0.3, 0.4) is 0 Å². The van der Waals surface area contributed by atoms with E-state index in [0.29, 0.717) is 0 Å². The molecule has 3 atom stereocenters. The van der Waals surface area contributed by atoms with Crippen molar-refractivity contribution in [1.82, 2.24) is 0 Å². The Kier molecular flexibility index (Phi) is 3.41. The van der Waals surface area contributed by atoms with Crippen LogP contribution < -0.4 is 0 Å². The number of Topliss-reactive ketones (excluding diaryl/α,β-unsaturated/α-hetero) is 3. The number of alkyl halides is 2. The van der Waals surface area contributed by atoms with Crippen LogP contribution in [-0.4, -0.2) is 27.6 Å². The number of carbonyl (C=O) groups excluding carboxylic acids is 3. The van der Waals surface area contributed by atoms with Crippen molar-refractivity contribution in [2.45, 2.75) is 31.0 Å². The highest BCUT2D eigenvalue weighted by Crippen LogP contribution is 2.42. The van der Waals surface area contributed by atoms with Crippen LogP contribution in [0.25, 0.3) is 0 Å². The summed E-state index contributed by atoms with van der Waals surface area (Å²) in [5.41, 5.74) is -0.665. The molecule has 1 aliphatic carbocycles. The van der Waals surface area contributed by atoms with Crippen LogP contribution in [0.1, 0.15) is 20.8 Å². The Morgan fingerprint density at radius 1 is 1.33 bits per heavy atom. The lowest BCUT2D eigenvalue weighted by molar-refractivity contribution is -0.143. The Morgan fingerprint density at radius 3 is 2.20 bits per heavy atom. The quantitative estimate of drug-likeness (QED) is 0.547. The summed E-state index contributed by atoms with van der Waals surface area (Å²) in [5.74, 6) is -2.48. The van der Waals surface area contributed by atoms with E-state index >= 15 is 0 Å². The Bertz CT molecular complexity index is 314. The van der Waals surface area contributed by atoms with Crippen molar-refractivity contribution in [3.8, 4) is 0 Å². The zero-order chi connectivity index (χ0) is 12.0. The topological polar surface area (TPSA) is 51.2 Å². The van der Waals surface area contributed by atoms with Gasteiger partial charge in [0.2, 0.25) is 0 Å². The molecule has 0 aromatic heterocycles. The molecule has 0 unspecified atom stereocenters. The zero-order valence-corrected chi connectivity index (χ0v) is 11.1. The molecule has 0 bridgehead atoms. The van der Waals surface area contributed by atoms with Gasteiger partial charge in [-0.2, -0.15) is 0 Å². The second-order valence-corrected chi connectivity index (χ2v) is 5.75. The standard InChI is InChI=1S/C10H12BrClO3/c1-4(13)5-6(14)8(11)10(2,3)9(12)7(5)15/h5,8-9H,1-3H3/t5-,8+,9-/m0/s1. The number of hydrogen-bond donors (Lipinski definition) is 0. The van der Waals surface area contributed by atoms with Crippen molar-refractivity contribution in [2.75, 3.05) is 0 Å². The molecule has 0 heterocycles. The van der Waals surface area contributed by atoms with Crippen LogP contribution in [0.15, 0.2) is 0 Å². The molecule has 0 amide bonds. The van der Waals surface area contributed by atoms with Gasteiger partial charge in [0.25, 0.3) is 0 Å². The van der Waals surface area contributed by atoms with E-state index in [1.165, 1.54) is 6.92 Å². The summed E-state index contributed by atoms with van der Waals surface area (Å²) in [6, 6.07) is 0. The molecule has 5 heteroatoms. The Morgan fingerprint density at radius 2 is 1.80 bits per heavy atom. The molecular formula is C10H12BrClO3. The predicted molar refractivity (Wildman–Crippen MR) is 60.3 cm³/mol. The van der Waals surface area contributed by atoms with E-state index in [2.05, 4.69) is 15.9 Å². The monoisotopic (exact) mass is 294 g/mol. The maximum absolute atomic E-state index is 11.8. The van der Waals surface area contributed by atoms with Crippen molar-refractivity contribution in [2.24, 2.45) is 11.3 Å². The number of rotatable bonds is 1. The van der Waals surface area contributed by atoms with Gasteiger partial charge in [0, 0.05) is 5.41 Å². The smallest absolute Gasteiger partial charge is 0.169 e. The molecule has 84 valence electrons. The maximum Gasteiger partial charge on any atom is 0.169 e. The third kappa shape index (κ3) is 1.89. The summed E-state index contributed by atoms with van der Waals surface area (Å²) in [6.45, 7) is 4.70. The first-order valence-electron chi connectivity index (χ1n) is 4.57. The number of carbonyl (C=O) groups is 3. The van der Waals surface area contributed by atoms with Crippen LogP contribution in [0, 0.1) is 11.3 Å². The maximum atomic E-state index is 11.8. The van der Waals surface area contributed by atoms with Crippen LogP contribution >= 0.6 is 27.5 Å². The molecule has 0 N–H and O–H groups in total. The normalized spacial score (nSPS) is 35.4. The third-order valence-corrected chi connectivity index (χ3v) is 5.19. The molecule has 0 aromatic carbocycles. The molecule has 3 nitrogen and oxygen atoms in total. The second-order valence-electron chi connectivity index (χ2n) is 4.39. The van der Waals surface area contributed by atoms with Crippen molar-refractivity contribution in [3.05, 3.63) is 0 Å². The molecule has 0 aromatic rings. The van der Waals surface area contributed by atoms with Crippen LogP contribution in [0.5, 0.6) is 0 Å². The van der Waals surface area contributed by atoms with Gasteiger partial charge in [-0.15, -0.1) is 11.6 Å². The minimum Gasteiger partial charge on any atom is -0.299 e. The molecule has 1 aliphatic rings. The SMILES string of the molecule is CC(=O)[C@H]1C(=O)[C@@H](Br)C(C)(C)[C@@H](Cl)C1=O. The summed E-state index contributed by atoms with van der Waals surface area (Å²) in [4.78, 5) is 34.2. The average molecular weight is 296 g/mol. The first-order valence-corrected chi connectivity index (χ1v) is 5.92. The molecule has 1 saturated carbocycles. The lowest BCUT2D eigenvalue weighted by Gasteiger charge is -2.39. The first kappa shape index (κ1) is 12.8. The minimum absolute atomic E-state index is 0.380. The fourth-order valence-corrected chi connectivity index (χ4v) is 2.63. The van der Waals surface area contributed by atoms with Gasteiger partial charge in [0.1, 0.15) is 11.7 Å². The van der Waals surface area contributed by atoms with E-state index in [4.69, 9.17) is 11.6 Å². The summed E-state index contributed by atoms with van der Waals surface area (Å²) in [6.07, 6.45) is 0. The van der Waals surface area contributed by atoms with Crippen molar-refractivity contribution in [3.63, 3.8) is 0 Å². The number of halogens is 2. The van der Waals surface area contributed by atoms with Gasteiger partial charge in [-0.05, 0) is 6.92 Å². The van der Waals surface area contributed by atoms with Crippen LogP contribution in [0.4, 0.5) is 0 Å². The van der Waals surface area contributed by atoms with Gasteiger partial charge < -0.3 is 0 Å². The highest BCUT2D eigenvalue weighted by atomic mass is 79.9. The number of hydrogen-bond acceptors (Lipinski definition) is 3. The zero-order valence-electron chi connectivity index (χ0n) is 8.71. The second kappa shape index (κ2) is 3.98. The van der Waals surface area contributed by atoms with Crippen LogP contribution in [0.2, 0.25) is 0 Å². The van der Waals surface area contributed by atoms with E-state index in [1.807, 2.05) is 0 Å². The summed E-state index contributed by atoms with van der Waals surface area (Å²) < 4.78 is 0. The van der Waals surface area contributed by atoms with E-state index in [9.17, 15) is 14.4 Å². The van der Waals surface area contributed by atoms with Crippen molar-refractivity contribution >= 4 is 44.9 Å². The van der Waals surface area contributed by atoms with Gasteiger partial charge in [0.15, 0.2) is 11.6 Å². The molecule has 0 spiro atoms.